The zero-order valence-electron chi connectivity index (χ0n) is 10.3. The Morgan fingerprint density at radius 3 is 2.61 bits per heavy atom. The molecular weight excluding hydrogens is 249 g/mol. The van der Waals surface area contributed by atoms with E-state index in [0.29, 0.717) is 0 Å². The van der Waals surface area contributed by atoms with Crippen molar-refractivity contribution in [1.82, 2.24) is 4.90 Å². The highest BCUT2D eigenvalue weighted by molar-refractivity contribution is 7.10. The van der Waals surface area contributed by atoms with Crippen LogP contribution in [-0.4, -0.2) is 17.9 Å². The number of hydrogen-bond donors (Lipinski definition) is 0. The van der Waals surface area contributed by atoms with Crippen LogP contribution in [0.1, 0.15) is 28.2 Å². The van der Waals surface area contributed by atoms with Crippen LogP contribution in [0, 0.1) is 5.82 Å². The maximum Gasteiger partial charge on any atom is 0.257 e. The summed E-state index contributed by atoms with van der Waals surface area (Å²) >= 11 is 1.59. The third kappa shape index (κ3) is 2.43. The largest absolute Gasteiger partial charge is 0.334 e. The molecule has 0 bridgehead atoms. The van der Waals surface area contributed by atoms with Crippen molar-refractivity contribution >= 4 is 17.2 Å². The molecule has 1 atom stereocenters. The second-order valence-corrected chi connectivity index (χ2v) is 5.07. The number of carbonyl (C=O) groups excluding carboxylic acids is 1. The van der Waals surface area contributed by atoms with Crippen LogP contribution in [0.25, 0.3) is 0 Å². The topological polar surface area (TPSA) is 20.3 Å². The van der Waals surface area contributed by atoms with Crippen molar-refractivity contribution in [2.75, 3.05) is 7.05 Å². The van der Waals surface area contributed by atoms with Gasteiger partial charge in [-0.2, -0.15) is 0 Å². The zero-order valence-corrected chi connectivity index (χ0v) is 11.1. The summed E-state index contributed by atoms with van der Waals surface area (Å²) in [6.07, 6.45) is 0. The van der Waals surface area contributed by atoms with E-state index in [-0.39, 0.29) is 17.5 Å². The lowest BCUT2D eigenvalue weighted by Gasteiger charge is -2.24. The third-order valence-electron chi connectivity index (χ3n) is 2.96. The number of amides is 1. The molecule has 2 nitrogen and oxygen atoms in total. The van der Waals surface area contributed by atoms with Gasteiger partial charge in [-0.1, -0.05) is 18.2 Å². The summed E-state index contributed by atoms with van der Waals surface area (Å²) < 4.78 is 13.6. The Morgan fingerprint density at radius 1 is 1.28 bits per heavy atom. The van der Waals surface area contributed by atoms with E-state index in [2.05, 4.69) is 0 Å². The molecule has 1 aromatic heterocycles. The molecule has 94 valence electrons. The molecule has 0 N–H and O–H groups in total. The molecule has 2 rings (SSSR count). The Balaban J connectivity index is 2.22. The van der Waals surface area contributed by atoms with Gasteiger partial charge in [0.2, 0.25) is 0 Å². The number of halogens is 1. The Hall–Kier alpha value is -1.68. The fourth-order valence-corrected chi connectivity index (χ4v) is 2.55. The number of nitrogens with zero attached hydrogens (tertiary/aromatic N) is 1. The third-order valence-corrected chi connectivity index (χ3v) is 4.00. The van der Waals surface area contributed by atoms with E-state index < -0.39 is 5.82 Å². The first-order valence-corrected chi connectivity index (χ1v) is 6.54. The highest BCUT2D eigenvalue weighted by Crippen LogP contribution is 2.25. The molecule has 0 aliphatic carbocycles. The van der Waals surface area contributed by atoms with E-state index in [9.17, 15) is 9.18 Å². The van der Waals surface area contributed by atoms with Crippen LogP contribution in [0.3, 0.4) is 0 Å². The van der Waals surface area contributed by atoms with Crippen LogP contribution in [-0.2, 0) is 0 Å². The summed E-state index contributed by atoms with van der Waals surface area (Å²) in [6.45, 7) is 1.94. The lowest BCUT2D eigenvalue weighted by Crippen LogP contribution is -2.29. The van der Waals surface area contributed by atoms with Gasteiger partial charge < -0.3 is 4.90 Å². The molecule has 0 fully saturated rings. The summed E-state index contributed by atoms with van der Waals surface area (Å²) in [5, 5.41) is 1.97. The smallest absolute Gasteiger partial charge is 0.257 e. The zero-order chi connectivity index (χ0) is 13.1. The molecule has 0 aliphatic heterocycles. The molecule has 0 spiro atoms. The average molecular weight is 263 g/mol. The van der Waals surface area contributed by atoms with Gasteiger partial charge in [-0.3, -0.25) is 4.79 Å². The Bertz CT molecular complexity index is 538. The summed E-state index contributed by atoms with van der Waals surface area (Å²) in [6, 6.07) is 9.91. The average Bonchev–Trinajstić information content (AvgIpc) is 2.90. The van der Waals surface area contributed by atoms with Crippen LogP contribution in [0.15, 0.2) is 41.8 Å². The van der Waals surface area contributed by atoms with Crippen molar-refractivity contribution in [3.05, 3.63) is 58.0 Å². The van der Waals surface area contributed by atoms with Gasteiger partial charge in [-0.05, 0) is 30.5 Å². The van der Waals surface area contributed by atoms with Crippen molar-refractivity contribution in [2.45, 2.75) is 13.0 Å². The van der Waals surface area contributed by atoms with Gasteiger partial charge >= 0.3 is 0 Å². The van der Waals surface area contributed by atoms with Crippen LogP contribution < -0.4 is 0 Å². The SMILES string of the molecule is CC(c1cccs1)N(C)C(=O)c1ccccc1F. The molecule has 0 aliphatic rings. The summed E-state index contributed by atoms with van der Waals surface area (Å²) in [5.74, 6) is -0.776. The number of carbonyl (C=O) groups is 1. The monoisotopic (exact) mass is 263 g/mol. The second kappa shape index (κ2) is 5.31. The van der Waals surface area contributed by atoms with Crippen LogP contribution in [0.4, 0.5) is 4.39 Å². The molecule has 2 aromatic rings. The normalized spacial score (nSPS) is 12.2. The van der Waals surface area contributed by atoms with Gasteiger partial charge in [0.15, 0.2) is 0 Å². The van der Waals surface area contributed by atoms with E-state index in [1.807, 2.05) is 24.4 Å². The van der Waals surface area contributed by atoms with Crippen LogP contribution in [0.2, 0.25) is 0 Å². The number of benzene rings is 1. The minimum absolute atomic E-state index is 0.0582. The molecule has 1 unspecified atom stereocenters. The fourth-order valence-electron chi connectivity index (χ4n) is 1.72. The lowest BCUT2D eigenvalue weighted by atomic mass is 10.1. The van der Waals surface area contributed by atoms with E-state index in [1.54, 1.807) is 35.4 Å². The first kappa shape index (κ1) is 12.8. The molecule has 0 radical (unpaired) electrons. The summed E-state index contributed by atoms with van der Waals surface area (Å²) in [7, 11) is 1.69. The molecule has 1 amide bonds. The molecule has 1 aromatic carbocycles. The Morgan fingerprint density at radius 2 is 2.00 bits per heavy atom. The second-order valence-electron chi connectivity index (χ2n) is 4.09. The van der Waals surface area contributed by atoms with Gasteiger partial charge in [-0.15, -0.1) is 11.3 Å². The van der Waals surface area contributed by atoms with Crippen molar-refractivity contribution in [3.8, 4) is 0 Å². The molecule has 0 saturated heterocycles. The van der Waals surface area contributed by atoms with Gasteiger partial charge in [0, 0.05) is 11.9 Å². The minimum Gasteiger partial charge on any atom is -0.334 e. The van der Waals surface area contributed by atoms with Gasteiger partial charge in [-0.25, -0.2) is 4.39 Å². The van der Waals surface area contributed by atoms with Crippen LogP contribution >= 0.6 is 11.3 Å². The summed E-state index contributed by atoms with van der Waals surface area (Å²) in [4.78, 5) is 14.8. The first-order valence-electron chi connectivity index (χ1n) is 5.66. The molecule has 4 heteroatoms. The Labute approximate surface area is 110 Å². The molecule has 18 heavy (non-hydrogen) atoms. The number of thiophene rings is 1. The highest BCUT2D eigenvalue weighted by atomic mass is 32.1. The van der Waals surface area contributed by atoms with Crippen molar-refractivity contribution in [3.63, 3.8) is 0 Å². The van der Waals surface area contributed by atoms with Gasteiger partial charge in [0.05, 0.1) is 11.6 Å². The molecule has 0 saturated carbocycles. The number of rotatable bonds is 3. The van der Waals surface area contributed by atoms with Crippen molar-refractivity contribution in [1.29, 1.82) is 0 Å². The van der Waals surface area contributed by atoms with Gasteiger partial charge in [0.1, 0.15) is 5.82 Å². The lowest BCUT2D eigenvalue weighted by molar-refractivity contribution is 0.0740. The maximum absolute atomic E-state index is 13.6. The van der Waals surface area contributed by atoms with Gasteiger partial charge in [0.25, 0.3) is 5.91 Å². The minimum atomic E-state index is -0.479. The van der Waals surface area contributed by atoms with E-state index in [1.165, 1.54) is 12.1 Å². The van der Waals surface area contributed by atoms with Crippen LogP contribution in [0.5, 0.6) is 0 Å². The van der Waals surface area contributed by atoms with E-state index >= 15 is 0 Å². The highest BCUT2D eigenvalue weighted by Gasteiger charge is 2.21. The molecule has 1 heterocycles. The standard InChI is InChI=1S/C14H14FNOS/c1-10(13-8-5-9-18-13)16(2)14(17)11-6-3-4-7-12(11)15/h3-10H,1-2H3. The maximum atomic E-state index is 13.6. The predicted molar refractivity (Wildman–Crippen MR) is 71.2 cm³/mol. The van der Waals surface area contributed by atoms with E-state index in [4.69, 9.17) is 0 Å². The van der Waals surface area contributed by atoms with Crippen molar-refractivity contribution < 1.29 is 9.18 Å². The van der Waals surface area contributed by atoms with Crippen molar-refractivity contribution in [2.24, 2.45) is 0 Å². The fraction of sp³-hybridized carbons (Fsp3) is 0.214. The summed E-state index contributed by atoms with van der Waals surface area (Å²) in [5.41, 5.74) is 0.114. The first-order chi connectivity index (χ1) is 8.61. The molecular formula is C14H14FNOS. The number of hydrogen-bond acceptors (Lipinski definition) is 2. The quantitative estimate of drug-likeness (QED) is 0.826. The Kier molecular flexibility index (Phi) is 3.77. The predicted octanol–water partition coefficient (Wildman–Crippen LogP) is 3.72. The van der Waals surface area contributed by atoms with E-state index in [0.717, 1.165) is 4.88 Å².